The Labute approximate surface area is 102 Å². The first kappa shape index (κ1) is 11.6. The van der Waals surface area contributed by atoms with Gasteiger partial charge in [-0.2, -0.15) is 15.4 Å². The summed E-state index contributed by atoms with van der Waals surface area (Å²) in [6.07, 6.45) is 0. The second-order valence-electron chi connectivity index (χ2n) is 3.42. The van der Waals surface area contributed by atoms with E-state index in [2.05, 4.69) is 15.4 Å². The van der Waals surface area contributed by atoms with E-state index in [0.29, 0.717) is 10.6 Å². The van der Waals surface area contributed by atoms with Crippen molar-refractivity contribution in [1.82, 2.24) is 15.4 Å². The minimum Gasteiger partial charge on any atom is -0.364 e. The highest BCUT2D eigenvalue weighted by Crippen LogP contribution is 2.25. The summed E-state index contributed by atoms with van der Waals surface area (Å²) in [5.74, 6) is -0.684. The van der Waals surface area contributed by atoms with Crippen LogP contribution in [-0.2, 0) is 0 Å². The van der Waals surface area contributed by atoms with Gasteiger partial charge in [-0.1, -0.05) is 29.8 Å². The molecule has 0 aliphatic heterocycles. The van der Waals surface area contributed by atoms with E-state index in [9.17, 15) is 4.79 Å². The number of amides is 1. The number of nitrogens with one attached hydrogen (secondary N) is 1. The zero-order valence-electron chi connectivity index (χ0n) is 8.72. The van der Waals surface area contributed by atoms with Crippen LogP contribution in [0.4, 0.5) is 0 Å². The van der Waals surface area contributed by atoms with Crippen molar-refractivity contribution in [2.45, 2.75) is 6.04 Å². The molecule has 88 valence electrons. The number of hydrogen-bond acceptors (Lipinski definition) is 4. The Morgan fingerprint density at radius 2 is 2.06 bits per heavy atom. The summed E-state index contributed by atoms with van der Waals surface area (Å²) in [7, 11) is 0. The number of aromatic amines is 1. The Morgan fingerprint density at radius 1 is 1.35 bits per heavy atom. The summed E-state index contributed by atoms with van der Waals surface area (Å²) in [5.41, 5.74) is 12.1. The molecule has 1 heterocycles. The molecule has 0 radical (unpaired) electrons. The molecule has 1 amide bonds. The van der Waals surface area contributed by atoms with E-state index in [0.717, 1.165) is 0 Å². The molecule has 0 bridgehead atoms. The molecule has 1 atom stereocenters. The van der Waals surface area contributed by atoms with Gasteiger partial charge in [0.2, 0.25) is 0 Å². The van der Waals surface area contributed by atoms with Crippen molar-refractivity contribution in [3.8, 4) is 0 Å². The Kier molecular flexibility index (Phi) is 3.08. The summed E-state index contributed by atoms with van der Waals surface area (Å²) in [6, 6.07) is 6.40. The minimum atomic E-state index is -0.684. The smallest absolute Gasteiger partial charge is 0.271 e. The van der Waals surface area contributed by atoms with Crippen LogP contribution in [0.2, 0.25) is 5.02 Å². The highest BCUT2D eigenvalue weighted by atomic mass is 35.5. The number of carbonyl (C=O) groups excluding carboxylic acids is 1. The molecule has 5 N–H and O–H groups in total. The first-order valence-electron chi connectivity index (χ1n) is 4.81. The van der Waals surface area contributed by atoms with Gasteiger partial charge in [0.05, 0.1) is 6.04 Å². The summed E-state index contributed by atoms with van der Waals surface area (Å²) in [4.78, 5) is 11.1. The number of rotatable bonds is 3. The molecule has 0 saturated carbocycles. The zero-order valence-corrected chi connectivity index (χ0v) is 9.48. The number of nitrogens with zero attached hydrogens (tertiary/aromatic N) is 2. The fourth-order valence-corrected chi connectivity index (χ4v) is 1.77. The van der Waals surface area contributed by atoms with Crippen molar-refractivity contribution in [1.29, 1.82) is 0 Å². The fraction of sp³-hybridized carbons (Fsp3) is 0.100. The van der Waals surface area contributed by atoms with Gasteiger partial charge in [0.25, 0.3) is 5.91 Å². The van der Waals surface area contributed by atoms with Crippen molar-refractivity contribution in [2.24, 2.45) is 11.5 Å². The SMILES string of the molecule is NC(=O)c1n[nH]nc1C(N)c1ccccc1Cl. The topological polar surface area (TPSA) is 111 Å². The first-order valence-corrected chi connectivity index (χ1v) is 5.19. The fourth-order valence-electron chi connectivity index (χ4n) is 1.51. The molecular weight excluding hydrogens is 242 g/mol. The van der Waals surface area contributed by atoms with Gasteiger partial charge in [0.1, 0.15) is 5.69 Å². The lowest BCUT2D eigenvalue weighted by molar-refractivity contribution is 0.0994. The predicted molar refractivity (Wildman–Crippen MR) is 62.4 cm³/mol. The highest BCUT2D eigenvalue weighted by molar-refractivity contribution is 6.31. The van der Waals surface area contributed by atoms with Gasteiger partial charge in [0.15, 0.2) is 5.69 Å². The Hall–Kier alpha value is -1.92. The van der Waals surface area contributed by atoms with Crippen molar-refractivity contribution in [2.75, 3.05) is 0 Å². The third-order valence-electron chi connectivity index (χ3n) is 2.34. The summed E-state index contributed by atoms with van der Waals surface area (Å²) in [6.45, 7) is 0. The molecule has 17 heavy (non-hydrogen) atoms. The Morgan fingerprint density at radius 3 is 2.71 bits per heavy atom. The van der Waals surface area contributed by atoms with Crippen LogP contribution < -0.4 is 11.5 Å². The maximum atomic E-state index is 11.1. The second kappa shape index (κ2) is 4.52. The Bertz CT molecular complexity index is 553. The lowest BCUT2D eigenvalue weighted by Crippen LogP contribution is -2.20. The van der Waals surface area contributed by atoms with Gasteiger partial charge in [-0.05, 0) is 11.6 Å². The zero-order chi connectivity index (χ0) is 12.4. The van der Waals surface area contributed by atoms with Crippen LogP contribution >= 0.6 is 11.6 Å². The van der Waals surface area contributed by atoms with E-state index in [4.69, 9.17) is 23.1 Å². The van der Waals surface area contributed by atoms with E-state index < -0.39 is 11.9 Å². The summed E-state index contributed by atoms with van der Waals surface area (Å²) < 4.78 is 0. The number of halogens is 1. The second-order valence-corrected chi connectivity index (χ2v) is 3.83. The Balaban J connectivity index is 2.44. The van der Waals surface area contributed by atoms with E-state index in [1.54, 1.807) is 24.3 Å². The molecule has 1 unspecified atom stereocenters. The highest BCUT2D eigenvalue weighted by Gasteiger charge is 2.22. The number of aromatic nitrogens is 3. The van der Waals surface area contributed by atoms with Crippen LogP contribution in [0.3, 0.4) is 0 Å². The van der Waals surface area contributed by atoms with Crippen LogP contribution in [-0.4, -0.2) is 21.3 Å². The standard InChI is InChI=1S/C10H10ClN5O/c11-6-4-2-1-3-5(6)7(12)8-9(10(13)17)15-16-14-8/h1-4,7H,12H2,(H2,13,17)(H,14,15,16). The summed E-state index contributed by atoms with van der Waals surface area (Å²) in [5, 5.41) is 10.3. The van der Waals surface area contributed by atoms with Gasteiger partial charge >= 0.3 is 0 Å². The van der Waals surface area contributed by atoms with Crippen molar-refractivity contribution in [3.63, 3.8) is 0 Å². The maximum absolute atomic E-state index is 11.1. The molecular formula is C10H10ClN5O. The van der Waals surface area contributed by atoms with Gasteiger partial charge in [-0.25, -0.2) is 0 Å². The first-order chi connectivity index (χ1) is 8.11. The van der Waals surface area contributed by atoms with E-state index >= 15 is 0 Å². The molecule has 1 aromatic heterocycles. The molecule has 0 aliphatic rings. The van der Waals surface area contributed by atoms with Gasteiger partial charge in [-0.15, -0.1) is 0 Å². The average Bonchev–Trinajstić information content (AvgIpc) is 2.77. The largest absolute Gasteiger partial charge is 0.364 e. The average molecular weight is 252 g/mol. The lowest BCUT2D eigenvalue weighted by atomic mass is 10.0. The van der Waals surface area contributed by atoms with E-state index in [1.165, 1.54) is 0 Å². The molecule has 2 rings (SSSR count). The monoisotopic (exact) mass is 251 g/mol. The molecule has 0 fully saturated rings. The molecule has 0 saturated heterocycles. The van der Waals surface area contributed by atoms with Crippen LogP contribution in [0, 0.1) is 0 Å². The number of carbonyl (C=O) groups is 1. The van der Waals surface area contributed by atoms with E-state index in [1.807, 2.05) is 0 Å². The number of benzene rings is 1. The van der Waals surface area contributed by atoms with Crippen molar-refractivity contribution >= 4 is 17.5 Å². The molecule has 6 nitrogen and oxygen atoms in total. The van der Waals surface area contributed by atoms with Crippen LogP contribution in [0.1, 0.15) is 27.8 Å². The van der Waals surface area contributed by atoms with Crippen molar-refractivity contribution in [3.05, 3.63) is 46.2 Å². The van der Waals surface area contributed by atoms with Gasteiger partial charge < -0.3 is 11.5 Å². The molecule has 0 spiro atoms. The normalized spacial score (nSPS) is 12.4. The van der Waals surface area contributed by atoms with Crippen LogP contribution in [0.25, 0.3) is 0 Å². The van der Waals surface area contributed by atoms with Crippen LogP contribution in [0.15, 0.2) is 24.3 Å². The number of primary amides is 1. The van der Waals surface area contributed by atoms with Crippen molar-refractivity contribution < 1.29 is 4.79 Å². The number of H-pyrrole nitrogens is 1. The number of nitrogens with two attached hydrogens (primary N) is 2. The predicted octanol–water partition coefficient (Wildman–Crippen LogP) is 0.605. The molecule has 1 aromatic carbocycles. The molecule has 2 aromatic rings. The molecule has 0 aliphatic carbocycles. The quantitative estimate of drug-likeness (QED) is 0.742. The molecule has 7 heteroatoms. The van der Waals surface area contributed by atoms with Gasteiger partial charge in [0, 0.05) is 5.02 Å². The third kappa shape index (κ3) is 2.13. The van der Waals surface area contributed by atoms with Gasteiger partial charge in [-0.3, -0.25) is 4.79 Å². The number of hydrogen-bond donors (Lipinski definition) is 3. The maximum Gasteiger partial charge on any atom is 0.271 e. The van der Waals surface area contributed by atoms with E-state index in [-0.39, 0.29) is 11.4 Å². The van der Waals surface area contributed by atoms with Crippen LogP contribution in [0.5, 0.6) is 0 Å². The third-order valence-corrected chi connectivity index (χ3v) is 2.69. The lowest BCUT2D eigenvalue weighted by Gasteiger charge is -2.11. The summed E-state index contributed by atoms with van der Waals surface area (Å²) >= 11 is 6.01. The minimum absolute atomic E-state index is 0.0254.